The summed E-state index contributed by atoms with van der Waals surface area (Å²) in [5.41, 5.74) is 4.51. The molecule has 32 heavy (non-hydrogen) atoms. The third-order valence-corrected chi connectivity index (χ3v) is 4.14. The topological polar surface area (TPSA) is 29.8 Å². The van der Waals surface area contributed by atoms with Crippen molar-refractivity contribution in [2.45, 2.75) is 0 Å². The van der Waals surface area contributed by atoms with Gasteiger partial charge in [0.05, 0.1) is 14.2 Å². The summed E-state index contributed by atoms with van der Waals surface area (Å²) in [7, 11) is 30.3. The third-order valence-electron chi connectivity index (χ3n) is 4.14. The normalized spacial score (nSPS) is 13.7. The van der Waals surface area contributed by atoms with Gasteiger partial charge in [-0.2, -0.15) is 0 Å². The van der Waals surface area contributed by atoms with E-state index in [1.807, 2.05) is 36.4 Å². The van der Waals surface area contributed by atoms with Crippen LogP contribution in [0.5, 0.6) is 11.5 Å². The van der Waals surface area contributed by atoms with Crippen LogP contribution in [0.25, 0.3) is 5.57 Å². The molecule has 1 aliphatic rings. The van der Waals surface area contributed by atoms with Crippen molar-refractivity contribution in [2.24, 2.45) is 0 Å². The van der Waals surface area contributed by atoms with Crippen molar-refractivity contribution in [2.75, 3.05) is 21.3 Å². The van der Waals surface area contributed by atoms with E-state index in [-0.39, 0.29) is 12.4 Å². The maximum atomic E-state index is 5.28. The summed E-state index contributed by atoms with van der Waals surface area (Å²) in [4.78, 5) is 0. The molecule has 3 nitrogen and oxygen atoms in total. The quantitative estimate of drug-likeness (QED) is 0.357. The van der Waals surface area contributed by atoms with E-state index >= 15 is 0 Å². The van der Waals surface area contributed by atoms with E-state index in [9.17, 15) is 0 Å². The zero-order chi connectivity index (χ0) is 23.1. The number of rotatable bonds is 4. The van der Waals surface area contributed by atoms with E-state index in [1.165, 1.54) is 0 Å². The first-order valence-corrected chi connectivity index (χ1v) is 25.1. The molecular weight excluding hydrogens is 647 g/mol. The van der Waals surface area contributed by atoms with Crippen LogP contribution >= 0.6 is 44.1 Å². The number of allylic oxidation sites excluding steroid dienone is 5. The number of hydrogen-bond donors (Lipinski definition) is 0. The Morgan fingerprint density at radius 1 is 0.688 bits per heavy atom. The zero-order valence-corrected chi connectivity index (χ0v) is 24.5. The number of halogens is 6. The van der Waals surface area contributed by atoms with Crippen molar-refractivity contribution in [3.63, 3.8) is 0 Å². The molecule has 0 amide bonds. The maximum absolute atomic E-state index is 5.28. The molecule has 2 aromatic rings. The Hall–Kier alpha value is -0.512. The van der Waals surface area contributed by atoms with Crippen LogP contribution in [-0.2, 0) is 4.42 Å². The minimum atomic E-state index is -4.33. The molecule has 0 aliphatic heterocycles. The van der Waals surface area contributed by atoms with Crippen molar-refractivity contribution in [1.82, 2.24) is 0 Å². The summed E-state index contributed by atoms with van der Waals surface area (Å²) in [6.07, 6.45) is 8.09. The summed E-state index contributed by atoms with van der Waals surface area (Å²) in [5, 5.41) is 0. The van der Waals surface area contributed by atoms with Gasteiger partial charge in [-0.25, -0.2) is 0 Å². The fraction of sp³-hybridized carbons (Fsp3) is 0.136. The second kappa shape index (κ2) is 12.8. The Balaban J connectivity index is 0.000000648. The Labute approximate surface area is 214 Å². The van der Waals surface area contributed by atoms with Crippen molar-refractivity contribution in [3.8, 4) is 11.5 Å². The summed E-state index contributed by atoms with van der Waals surface area (Å²) in [6, 6.07) is 16.2. The SMILES string of the molecule is COc1ccc(C(=C2C=CC(=[O+]C)C=C2)c2ccc(OC)cc2)cc1.[Cl-].[Cl][Sb]([Cl])([Cl])([Cl])[Cl]. The van der Waals surface area contributed by atoms with E-state index in [0.29, 0.717) is 0 Å². The molecule has 1 aliphatic carbocycles. The van der Waals surface area contributed by atoms with Gasteiger partial charge in [-0.1, -0.05) is 24.3 Å². The van der Waals surface area contributed by atoms with Crippen molar-refractivity contribution < 1.29 is 26.3 Å². The van der Waals surface area contributed by atoms with Gasteiger partial charge in [0.1, 0.15) is 11.5 Å². The molecule has 0 saturated carbocycles. The average Bonchev–Trinajstić information content (AvgIpc) is 2.74. The van der Waals surface area contributed by atoms with Gasteiger partial charge in [0.2, 0.25) is 0 Å². The Morgan fingerprint density at radius 2 is 1.03 bits per heavy atom. The van der Waals surface area contributed by atoms with Gasteiger partial charge in [-0.15, -0.1) is 0 Å². The molecule has 0 fully saturated rings. The average molecular weight is 668 g/mol. The van der Waals surface area contributed by atoms with Gasteiger partial charge < -0.3 is 21.9 Å². The van der Waals surface area contributed by atoms with Crippen molar-refractivity contribution >= 4 is 67.2 Å². The first kappa shape index (κ1) is 29.5. The van der Waals surface area contributed by atoms with E-state index < -0.39 is 11.7 Å². The van der Waals surface area contributed by atoms with Gasteiger partial charge >= 0.3 is 61.6 Å². The molecule has 10 heteroatoms. The second-order valence-electron chi connectivity index (χ2n) is 6.20. The van der Waals surface area contributed by atoms with E-state index in [2.05, 4.69) is 36.4 Å². The fourth-order valence-electron chi connectivity index (χ4n) is 2.77. The number of methoxy groups -OCH3 is 2. The van der Waals surface area contributed by atoms with Crippen LogP contribution in [0.4, 0.5) is 0 Å². The molecule has 0 heterocycles. The molecule has 0 spiro atoms. The monoisotopic (exact) mass is 664 g/mol. The summed E-state index contributed by atoms with van der Waals surface area (Å²) in [5.74, 6) is 2.52. The number of ketones is 1. The first-order chi connectivity index (χ1) is 14.5. The van der Waals surface area contributed by atoms with Crippen LogP contribution in [0.3, 0.4) is 0 Å². The number of ether oxygens (including phenoxy) is 2. The first-order valence-electron chi connectivity index (χ1n) is 8.90. The van der Waals surface area contributed by atoms with E-state index in [4.69, 9.17) is 58.0 Å². The van der Waals surface area contributed by atoms with E-state index in [1.54, 1.807) is 21.3 Å². The summed E-state index contributed by atoms with van der Waals surface area (Å²) in [6.45, 7) is 0. The predicted molar refractivity (Wildman–Crippen MR) is 136 cm³/mol. The molecule has 0 atom stereocenters. The van der Waals surface area contributed by atoms with Crippen LogP contribution in [0.1, 0.15) is 11.1 Å². The van der Waals surface area contributed by atoms with Gasteiger partial charge in [0.25, 0.3) is 7.11 Å². The van der Waals surface area contributed by atoms with Crippen LogP contribution in [0.2, 0.25) is 0 Å². The molecule has 0 N–H and O–H groups in total. The van der Waals surface area contributed by atoms with Gasteiger partial charge in [0, 0.05) is 12.2 Å². The second-order valence-corrected chi connectivity index (χ2v) is 44.1. The van der Waals surface area contributed by atoms with Crippen LogP contribution < -0.4 is 21.9 Å². The zero-order valence-electron chi connectivity index (χ0n) is 17.4. The molecular formula is C22H21Cl6O3Sb. The van der Waals surface area contributed by atoms with Crippen molar-refractivity contribution in [3.05, 3.63) is 89.5 Å². The Kier molecular flexibility index (Phi) is 11.8. The minimum absolute atomic E-state index is 0. The molecule has 3 rings (SSSR count). The number of benzene rings is 2. The molecule has 0 aromatic heterocycles. The molecule has 0 unspecified atom stereocenters. The van der Waals surface area contributed by atoms with Gasteiger partial charge in [0.15, 0.2) is 0 Å². The van der Waals surface area contributed by atoms with E-state index in [0.717, 1.165) is 39.6 Å². The molecule has 0 saturated heterocycles. The van der Waals surface area contributed by atoms with Gasteiger partial charge in [-0.05, 0) is 58.7 Å². The molecule has 0 bridgehead atoms. The fourth-order valence-corrected chi connectivity index (χ4v) is 2.77. The van der Waals surface area contributed by atoms with Crippen LogP contribution in [0, 0.1) is 0 Å². The molecule has 174 valence electrons. The summed E-state index contributed by atoms with van der Waals surface area (Å²) >= 11 is -4.33. The third kappa shape index (κ3) is 10.6. The van der Waals surface area contributed by atoms with Crippen LogP contribution in [-0.4, -0.2) is 38.8 Å². The predicted octanol–water partition coefficient (Wildman–Crippen LogP) is 4.44. The number of hydrogen-bond acceptors (Lipinski definition) is 2. The Morgan fingerprint density at radius 3 is 1.31 bits per heavy atom. The molecule has 2 aromatic carbocycles. The summed E-state index contributed by atoms with van der Waals surface area (Å²) < 4.78 is 15.8. The van der Waals surface area contributed by atoms with Crippen molar-refractivity contribution in [1.29, 1.82) is 0 Å². The number of carbonyl (C=O) groups excluding carboxylic acids is 1. The van der Waals surface area contributed by atoms with Crippen LogP contribution in [0.15, 0.2) is 78.4 Å². The standard InChI is InChI=1S/C22H21O3.6ClH.Sb/c1-23-19-10-4-16(5-11-19)22(17-6-12-20(24-2)13-7-17)18-8-14-21(25-3)15-9-18;;;;;;;/h4-15H,1-3H3;6*1H;/q+1;;;;;;;+5/p-6. The van der Waals surface area contributed by atoms with Gasteiger partial charge in [-0.3, -0.25) is 4.42 Å². The Bertz CT molecular complexity index is 934. The molecule has 0 radical (unpaired) electrons.